The van der Waals surface area contributed by atoms with Gasteiger partial charge in [0.1, 0.15) is 0 Å². The second kappa shape index (κ2) is 3.59. The molecular weight excluding hydrogens is 220 g/mol. The van der Waals surface area contributed by atoms with E-state index in [2.05, 4.69) is 4.74 Å². The van der Waals surface area contributed by atoms with Crippen molar-refractivity contribution in [2.75, 3.05) is 7.11 Å². The lowest BCUT2D eigenvalue weighted by molar-refractivity contribution is 0.0603. The average molecular weight is 227 g/mol. The molecule has 0 saturated heterocycles. The molecule has 1 heterocycles. The molecule has 0 fully saturated rings. The summed E-state index contributed by atoms with van der Waals surface area (Å²) in [7, 11) is 1.37. The monoisotopic (exact) mass is 226 g/mol. The molecule has 0 N–H and O–H groups in total. The molecule has 0 saturated carbocycles. The maximum absolute atomic E-state index is 11.4. The molecule has 0 radical (unpaired) electrons. The van der Waals surface area contributed by atoms with Crippen molar-refractivity contribution in [3.63, 3.8) is 0 Å². The highest BCUT2D eigenvalue weighted by Gasteiger charge is 2.12. The van der Waals surface area contributed by atoms with Gasteiger partial charge in [-0.05, 0) is 23.6 Å². The summed E-state index contributed by atoms with van der Waals surface area (Å²) in [6, 6.07) is 5.27. The van der Waals surface area contributed by atoms with E-state index in [4.69, 9.17) is 11.6 Å². The van der Waals surface area contributed by atoms with E-state index in [1.165, 1.54) is 18.4 Å². The molecule has 0 aliphatic rings. The Kier molecular flexibility index (Phi) is 2.44. The Labute approximate surface area is 90.1 Å². The van der Waals surface area contributed by atoms with Crippen molar-refractivity contribution in [1.29, 1.82) is 0 Å². The number of hydrogen-bond donors (Lipinski definition) is 0. The molecule has 2 rings (SSSR count). The number of carbonyl (C=O) groups excluding carboxylic acids is 1. The summed E-state index contributed by atoms with van der Waals surface area (Å²) >= 11 is 7.49. The smallest absolute Gasteiger partial charge is 0.338 e. The highest BCUT2D eigenvalue weighted by Crippen LogP contribution is 2.31. The third kappa shape index (κ3) is 1.38. The van der Waals surface area contributed by atoms with Crippen LogP contribution in [0, 0.1) is 0 Å². The van der Waals surface area contributed by atoms with Gasteiger partial charge in [-0.15, -0.1) is 11.3 Å². The van der Waals surface area contributed by atoms with E-state index in [0.29, 0.717) is 10.6 Å². The molecule has 4 heteroatoms. The van der Waals surface area contributed by atoms with Crippen molar-refractivity contribution in [3.8, 4) is 0 Å². The number of esters is 1. The van der Waals surface area contributed by atoms with Crippen molar-refractivity contribution < 1.29 is 9.53 Å². The summed E-state index contributed by atoms with van der Waals surface area (Å²) in [5.41, 5.74) is 0.563. The number of ether oxygens (including phenoxy) is 1. The fourth-order valence-electron chi connectivity index (χ4n) is 1.32. The molecule has 0 atom stereocenters. The fourth-order valence-corrected chi connectivity index (χ4v) is 2.44. The zero-order chi connectivity index (χ0) is 10.1. The summed E-state index contributed by atoms with van der Waals surface area (Å²) in [5.74, 6) is -0.329. The highest BCUT2D eigenvalue weighted by atomic mass is 35.5. The van der Waals surface area contributed by atoms with Crippen LogP contribution in [-0.2, 0) is 4.74 Å². The minimum atomic E-state index is -0.329. The van der Waals surface area contributed by atoms with Crippen LogP contribution in [0.4, 0.5) is 0 Å². The Balaban J connectivity index is 2.72. The van der Waals surface area contributed by atoms with Gasteiger partial charge in [0.15, 0.2) is 0 Å². The molecule has 72 valence electrons. The van der Waals surface area contributed by atoms with Gasteiger partial charge < -0.3 is 4.74 Å². The number of hydrogen-bond acceptors (Lipinski definition) is 3. The summed E-state index contributed by atoms with van der Waals surface area (Å²) in [4.78, 5) is 11.4. The first-order valence-corrected chi connectivity index (χ1v) is 5.24. The van der Waals surface area contributed by atoms with E-state index in [0.717, 1.165) is 10.1 Å². The van der Waals surface area contributed by atoms with E-state index in [1.807, 2.05) is 11.4 Å². The molecule has 0 unspecified atom stereocenters. The maximum atomic E-state index is 11.4. The summed E-state index contributed by atoms with van der Waals surface area (Å²) in [6.45, 7) is 0. The van der Waals surface area contributed by atoms with Crippen molar-refractivity contribution >= 4 is 39.0 Å². The largest absolute Gasteiger partial charge is 0.465 e. The number of benzene rings is 1. The van der Waals surface area contributed by atoms with E-state index in [-0.39, 0.29) is 5.97 Å². The van der Waals surface area contributed by atoms with Crippen LogP contribution in [0.3, 0.4) is 0 Å². The molecule has 1 aromatic heterocycles. The molecule has 1 aromatic carbocycles. The Morgan fingerprint density at radius 3 is 2.93 bits per heavy atom. The minimum Gasteiger partial charge on any atom is -0.465 e. The predicted octanol–water partition coefficient (Wildman–Crippen LogP) is 3.34. The van der Waals surface area contributed by atoms with Gasteiger partial charge >= 0.3 is 5.97 Å². The maximum Gasteiger partial charge on any atom is 0.338 e. The van der Waals surface area contributed by atoms with E-state index in [9.17, 15) is 4.79 Å². The standard InChI is InChI=1S/C10H7ClO2S/c1-13-10(12)7-2-3-8(11)9-6(7)4-5-14-9/h2-5H,1H3. The molecule has 0 aliphatic carbocycles. The second-order valence-corrected chi connectivity index (χ2v) is 4.07. The number of methoxy groups -OCH3 is 1. The van der Waals surface area contributed by atoms with Crippen LogP contribution in [0.5, 0.6) is 0 Å². The van der Waals surface area contributed by atoms with Crippen LogP contribution in [0.25, 0.3) is 10.1 Å². The molecule has 14 heavy (non-hydrogen) atoms. The van der Waals surface area contributed by atoms with Gasteiger partial charge in [0.05, 0.1) is 22.4 Å². The molecular formula is C10H7ClO2S. The van der Waals surface area contributed by atoms with Gasteiger partial charge in [0.2, 0.25) is 0 Å². The number of fused-ring (bicyclic) bond motifs is 1. The quantitative estimate of drug-likeness (QED) is 0.698. The SMILES string of the molecule is COC(=O)c1ccc(Cl)c2sccc12. The summed E-state index contributed by atoms with van der Waals surface area (Å²) < 4.78 is 5.60. The number of carbonyl (C=O) groups is 1. The van der Waals surface area contributed by atoms with Gasteiger partial charge in [0.25, 0.3) is 0 Å². The first kappa shape index (κ1) is 9.49. The van der Waals surface area contributed by atoms with E-state index < -0.39 is 0 Å². The lowest BCUT2D eigenvalue weighted by Crippen LogP contribution is -2.00. The Hall–Kier alpha value is -1.06. The third-order valence-electron chi connectivity index (χ3n) is 1.97. The number of thiophene rings is 1. The molecule has 2 aromatic rings. The first-order chi connectivity index (χ1) is 6.74. The van der Waals surface area contributed by atoms with E-state index in [1.54, 1.807) is 12.1 Å². The first-order valence-electron chi connectivity index (χ1n) is 3.98. The molecule has 0 aliphatic heterocycles. The van der Waals surface area contributed by atoms with Crippen LogP contribution >= 0.6 is 22.9 Å². The Morgan fingerprint density at radius 2 is 2.21 bits per heavy atom. The van der Waals surface area contributed by atoms with Crippen LogP contribution in [0.1, 0.15) is 10.4 Å². The molecule has 0 spiro atoms. The minimum absolute atomic E-state index is 0.329. The van der Waals surface area contributed by atoms with Crippen LogP contribution in [-0.4, -0.2) is 13.1 Å². The zero-order valence-corrected chi connectivity index (χ0v) is 8.98. The van der Waals surface area contributed by atoms with Crippen LogP contribution in [0.15, 0.2) is 23.6 Å². The van der Waals surface area contributed by atoms with Crippen LogP contribution in [0.2, 0.25) is 5.02 Å². The molecule has 2 nitrogen and oxygen atoms in total. The Morgan fingerprint density at radius 1 is 1.43 bits per heavy atom. The third-order valence-corrected chi connectivity index (χ3v) is 3.35. The van der Waals surface area contributed by atoms with Gasteiger partial charge in [0, 0.05) is 5.39 Å². The van der Waals surface area contributed by atoms with Gasteiger partial charge in [-0.3, -0.25) is 0 Å². The molecule has 0 amide bonds. The zero-order valence-electron chi connectivity index (χ0n) is 7.41. The molecule has 0 bridgehead atoms. The Bertz CT molecular complexity index is 490. The predicted molar refractivity (Wildman–Crippen MR) is 58.2 cm³/mol. The van der Waals surface area contributed by atoms with Crippen molar-refractivity contribution in [1.82, 2.24) is 0 Å². The van der Waals surface area contributed by atoms with E-state index >= 15 is 0 Å². The highest BCUT2D eigenvalue weighted by molar-refractivity contribution is 7.18. The van der Waals surface area contributed by atoms with Crippen LogP contribution < -0.4 is 0 Å². The van der Waals surface area contributed by atoms with Crippen molar-refractivity contribution in [2.24, 2.45) is 0 Å². The topological polar surface area (TPSA) is 26.3 Å². The summed E-state index contributed by atoms with van der Waals surface area (Å²) in [6.07, 6.45) is 0. The van der Waals surface area contributed by atoms with Crippen molar-refractivity contribution in [2.45, 2.75) is 0 Å². The average Bonchev–Trinajstić information content (AvgIpc) is 2.67. The van der Waals surface area contributed by atoms with Gasteiger partial charge in [-0.25, -0.2) is 4.79 Å². The number of rotatable bonds is 1. The van der Waals surface area contributed by atoms with Gasteiger partial charge in [-0.2, -0.15) is 0 Å². The normalized spacial score (nSPS) is 10.4. The number of halogens is 1. The van der Waals surface area contributed by atoms with Crippen molar-refractivity contribution in [3.05, 3.63) is 34.2 Å². The second-order valence-electron chi connectivity index (χ2n) is 2.75. The lowest BCUT2D eigenvalue weighted by atomic mass is 10.1. The fraction of sp³-hybridized carbons (Fsp3) is 0.100. The van der Waals surface area contributed by atoms with Gasteiger partial charge in [-0.1, -0.05) is 11.6 Å². The lowest BCUT2D eigenvalue weighted by Gasteiger charge is -2.01. The summed E-state index contributed by atoms with van der Waals surface area (Å²) in [5, 5.41) is 3.43.